The normalized spacial score (nSPS) is 16.9. The Morgan fingerprint density at radius 1 is 1.04 bits per heavy atom. The van der Waals surface area contributed by atoms with E-state index >= 15 is 0 Å². The summed E-state index contributed by atoms with van der Waals surface area (Å²) in [7, 11) is 0. The van der Waals surface area contributed by atoms with Gasteiger partial charge in [0, 0.05) is 13.1 Å². The van der Waals surface area contributed by atoms with E-state index in [0.717, 1.165) is 12.8 Å². The van der Waals surface area contributed by atoms with Gasteiger partial charge >= 0.3 is 5.97 Å². The second kappa shape index (κ2) is 12.6. The molecule has 0 saturated carbocycles. The maximum Gasteiger partial charge on any atom is 0.309 e. The third kappa shape index (κ3) is 8.36. The topological polar surface area (TPSA) is 46.6 Å². The van der Waals surface area contributed by atoms with Gasteiger partial charge in [0.1, 0.15) is 5.38 Å². The lowest BCUT2D eigenvalue weighted by Gasteiger charge is -2.31. The standard InChI is InChI=1S/C19H34ClNO3/c1-3-4-5-6-7-8-9-10-15-24-19(23)17-11-13-21(14-12-17)18(22)16(2)20/h16-17H,3-15H2,1-2H3. The summed E-state index contributed by atoms with van der Waals surface area (Å²) in [4.78, 5) is 25.6. The molecule has 0 aromatic carbocycles. The first-order valence-electron chi connectivity index (χ1n) is 9.65. The van der Waals surface area contributed by atoms with Gasteiger partial charge in [-0.05, 0) is 26.2 Å². The van der Waals surface area contributed by atoms with Crippen LogP contribution in [0.15, 0.2) is 0 Å². The maximum atomic E-state index is 12.1. The third-order valence-corrected chi connectivity index (χ3v) is 4.91. The summed E-state index contributed by atoms with van der Waals surface area (Å²) in [5, 5.41) is -0.490. The first-order valence-corrected chi connectivity index (χ1v) is 10.1. The monoisotopic (exact) mass is 359 g/mol. The Morgan fingerprint density at radius 2 is 1.58 bits per heavy atom. The minimum atomic E-state index is -0.490. The summed E-state index contributed by atoms with van der Waals surface area (Å²) in [6.45, 7) is 5.66. The molecule has 1 amide bonds. The van der Waals surface area contributed by atoms with E-state index < -0.39 is 5.38 Å². The highest BCUT2D eigenvalue weighted by molar-refractivity contribution is 6.30. The Balaban J connectivity index is 2.03. The Morgan fingerprint density at radius 3 is 2.12 bits per heavy atom. The Hall–Kier alpha value is -0.770. The number of carbonyl (C=O) groups excluding carboxylic acids is 2. The van der Waals surface area contributed by atoms with Gasteiger partial charge in [-0.15, -0.1) is 11.6 Å². The number of ether oxygens (including phenoxy) is 1. The van der Waals surface area contributed by atoms with Crippen molar-refractivity contribution in [3.05, 3.63) is 0 Å². The Bertz CT molecular complexity index is 366. The maximum absolute atomic E-state index is 12.1. The van der Waals surface area contributed by atoms with Gasteiger partial charge in [-0.1, -0.05) is 51.9 Å². The molecule has 0 aliphatic carbocycles. The molecule has 24 heavy (non-hydrogen) atoms. The number of rotatable bonds is 11. The lowest BCUT2D eigenvalue weighted by Crippen LogP contribution is -2.43. The van der Waals surface area contributed by atoms with Crippen LogP contribution in [0.2, 0.25) is 0 Å². The Labute approximate surface area is 152 Å². The van der Waals surface area contributed by atoms with Crippen molar-refractivity contribution in [2.45, 2.75) is 83.4 Å². The number of likely N-dealkylation sites (tertiary alicyclic amines) is 1. The van der Waals surface area contributed by atoms with E-state index in [2.05, 4.69) is 6.92 Å². The summed E-state index contributed by atoms with van der Waals surface area (Å²) >= 11 is 5.82. The lowest BCUT2D eigenvalue weighted by atomic mass is 9.97. The van der Waals surface area contributed by atoms with Gasteiger partial charge in [-0.3, -0.25) is 9.59 Å². The predicted octanol–water partition coefficient (Wildman–Crippen LogP) is 4.54. The quantitative estimate of drug-likeness (QED) is 0.309. The van der Waals surface area contributed by atoms with Crippen LogP contribution >= 0.6 is 11.6 Å². The van der Waals surface area contributed by atoms with Crippen molar-refractivity contribution in [1.29, 1.82) is 0 Å². The van der Waals surface area contributed by atoms with Gasteiger partial charge in [0.15, 0.2) is 0 Å². The van der Waals surface area contributed by atoms with Crippen LogP contribution < -0.4 is 0 Å². The molecule has 0 aromatic rings. The fourth-order valence-electron chi connectivity index (χ4n) is 3.11. The van der Waals surface area contributed by atoms with Crippen LogP contribution in [0.5, 0.6) is 0 Å². The summed E-state index contributed by atoms with van der Waals surface area (Å²) in [6, 6.07) is 0. The minimum absolute atomic E-state index is 0.0394. The molecule has 1 atom stereocenters. The highest BCUT2D eigenvalue weighted by atomic mass is 35.5. The minimum Gasteiger partial charge on any atom is -0.465 e. The average molecular weight is 360 g/mol. The zero-order valence-electron chi connectivity index (χ0n) is 15.4. The molecule has 5 heteroatoms. The number of piperidine rings is 1. The molecule has 4 nitrogen and oxygen atoms in total. The number of hydrogen-bond donors (Lipinski definition) is 0. The van der Waals surface area contributed by atoms with Crippen molar-refractivity contribution in [3.63, 3.8) is 0 Å². The van der Waals surface area contributed by atoms with Gasteiger partial charge < -0.3 is 9.64 Å². The molecule has 1 aliphatic rings. The number of nitrogens with zero attached hydrogens (tertiary/aromatic N) is 1. The smallest absolute Gasteiger partial charge is 0.309 e. The Kier molecular flexibility index (Phi) is 11.1. The number of amides is 1. The molecule has 140 valence electrons. The van der Waals surface area contributed by atoms with Crippen LogP contribution in [0.3, 0.4) is 0 Å². The van der Waals surface area contributed by atoms with E-state index in [1.54, 1.807) is 11.8 Å². The number of esters is 1. The van der Waals surface area contributed by atoms with Crippen molar-refractivity contribution in [1.82, 2.24) is 4.90 Å². The molecule has 0 bridgehead atoms. The number of halogens is 1. The van der Waals surface area contributed by atoms with Gasteiger partial charge in [-0.2, -0.15) is 0 Å². The van der Waals surface area contributed by atoms with Crippen LogP contribution in [0, 0.1) is 5.92 Å². The van der Waals surface area contributed by atoms with E-state index in [0.29, 0.717) is 32.5 Å². The van der Waals surface area contributed by atoms with Gasteiger partial charge in [0.05, 0.1) is 12.5 Å². The molecule has 0 N–H and O–H groups in total. The summed E-state index contributed by atoms with van der Waals surface area (Å²) in [5.41, 5.74) is 0. The summed E-state index contributed by atoms with van der Waals surface area (Å²) < 4.78 is 5.40. The predicted molar refractivity (Wildman–Crippen MR) is 98.2 cm³/mol. The number of alkyl halides is 1. The number of carbonyl (C=O) groups is 2. The number of hydrogen-bond acceptors (Lipinski definition) is 3. The third-order valence-electron chi connectivity index (χ3n) is 4.72. The van der Waals surface area contributed by atoms with Crippen LogP contribution in [0.1, 0.15) is 78.1 Å². The lowest BCUT2D eigenvalue weighted by molar-refractivity contribution is -0.151. The van der Waals surface area contributed by atoms with Crippen molar-refractivity contribution in [2.24, 2.45) is 5.92 Å². The van der Waals surface area contributed by atoms with Gasteiger partial charge in [-0.25, -0.2) is 0 Å². The molecule has 1 rings (SSSR count). The molecular weight excluding hydrogens is 326 g/mol. The molecular formula is C19H34ClNO3. The van der Waals surface area contributed by atoms with Gasteiger partial charge in [0.25, 0.3) is 0 Å². The molecule has 0 spiro atoms. The van der Waals surface area contributed by atoms with E-state index in [1.165, 1.54) is 38.5 Å². The molecule has 1 heterocycles. The first-order chi connectivity index (χ1) is 11.6. The summed E-state index contributed by atoms with van der Waals surface area (Å²) in [5.74, 6) is -0.194. The van der Waals surface area contributed by atoms with Crippen LogP contribution in [-0.4, -0.2) is 41.8 Å². The first kappa shape index (κ1) is 21.3. The van der Waals surface area contributed by atoms with E-state index in [1.807, 2.05) is 0 Å². The largest absolute Gasteiger partial charge is 0.465 e. The zero-order valence-corrected chi connectivity index (χ0v) is 16.2. The van der Waals surface area contributed by atoms with E-state index in [-0.39, 0.29) is 17.8 Å². The fourth-order valence-corrected chi connectivity index (χ4v) is 3.25. The van der Waals surface area contributed by atoms with Gasteiger partial charge in [0.2, 0.25) is 5.91 Å². The second-order valence-electron chi connectivity index (χ2n) is 6.86. The molecule has 0 radical (unpaired) electrons. The second-order valence-corrected chi connectivity index (χ2v) is 7.51. The molecule has 1 fully saturated rings. The molecule has 0 aromatic heterocycles. The van der Waals surface area contributed by atoms with Crippen LogP contribution in [0.25, 0.3) is 0 Å². The van der Waals surface area contributed by atoms with E-state index in [9.17, 15) is 9.59 Å². The molecule has 1 unspecified atom stereocenters. The molecule has 1 aliphatic heterocycles. The van der Waals surface area contributed by atoms with Crippen molar-refractivity contribution < 1.29 is 14.3 Å². The van der Waals surface area contributed by atoms with E-state index in [4.69, 9.17) is 16.3 Å². The number of unbranched alkanes of at least 4 members (excludes halogenated alkanes) is 7. The highest BCUT2D eigenvalue weighted by Gasteiger charge is 2.29. The van der Waals surface area contributed by atoms with Crippen molar-refractivity contribution in [3.8, 4) is 0 Å². The highest BCUT2D eigenvalue weighted by Crippen LogP contribution is 2.20. The molecule has 1 saturated heterocycles. The fraction of sp³-hybridized carbons (Fsp3) is 0.895. The van der Waals surface area contributed by atoms with Crippen molar-refractivity contribution in [2.75, 3.05) is 19.7 Å². The SMILES string of the molecule is CCCCCCCCCCOC(=O)C1CCN(C(=O)C(C)Cl)CC1. The zero-order chi connectivity index (χ0) is 17.8. The van der Waals surface area contributed by atoms with Crippen LogP contribution in [-0.2, 0) is 14.3 Å². The van der Waals surface area contributed by atoms with Crippen molar-refractivity contribution >= 4 is 23.5 Å². The average Bonchev–Trinajstić information content (AvgIpc) is 2.59. The van der Waals surface area contributed by atoms with Crippen LogP contribution in [0.4, 0.5) is 0 Å². The summed E-state index contributed by atoms with van der Waals surface area (Å²) in [6.07, 6.45) is 11.3.